The highest BCUT2D eigenvalue weighted by Crippen LogP contribution is 2.18. The van der Waals surface area contributed by atoms with Crippen molar-refractivity contribution in [2.45, 2.75) is 32.3 Å². The molecule has 110 valence electrons. The minimum absolute atomic E-state index is 0.116. The van der Waals surface area contributed by atoms with Crippen LogP contribution in [0.15, 0.2) is 24.3 Å². The fraction of sp³-hybridized carbons (Fsp3) is 0.429. The maximum Gasteiger partial charge on any atom is 0.303 e. The molecule has 0 saturated heterocycles. The van der Waals surface area contributed by atoms with Gasteiger partial charge in [-0.25, -0.2) is 0 Å². The largest absolute Gasteiger partial charge is 0.481 e. The van der Waals surface area contributed by atoms with Crippen molar-refractivity contribution in [3.63, 3.8) is 0 Å². The van der Waals surface area contributed by atoms with Crippen molar-refractivity contribution >= 4 is 23.5 Å². The van der Waals surface area contributed by atoms with Crippen molar-refractivity contribution in [3.8, 4) is 5.75 Å². The molecular weight excluding hydrogens is 282 g/mol. The lowest BCUT2D eigenvalue weighted by atomic mass is 10.2. The number of aliphatic carboxylic acids is 1. The van der Waals surface area contributed by atoms with Gasteiger partial charge in [-0.3, -0.25) is 9.59 Å². The number of benzene rings is 1. The van der Waals surface area contributed by atoms with Gasteiger partial charge in [-0.15, -0.1) is 0 Å². The first kappa shape index (κ1) is 16.3. The number of carbonyl (C=O) groups is 2. The molecular formula is C14H18ClNO4. The molecule has 5 nitrogen and oxygen atoms in total. The molecule has 0 aromatic heterocycles. The molecule has 1 aromatic rings. The SMILES string of the molecule is CC(Oc1cccc(Cl)c1)C(=O)NCCCCC(=O)O. The maximum absolute atomic E-state index is 11.7. The third kappa shape index (κ3) is 6.43. The Bertz CT molecular complexity index is 464. The molecule has 0 aliphatic carbocycles. The lowest BCUT2D eigenvalue weighted by Crippen LogP contribution is -2.36. The van der Waals surface area contributed by atoms with Crippen LogP contribution in [0.3, 0.4) is 0 Å². The number of amides is 1. The van der Waals surface area contributed by atoms with Gasteiger partial charge in [0.15, 0.2) is 6.10 Å². The lowest BCUT2D eigenvalue weighted by Gasteiger charge is -2.14. The zero-order valence-corrected chi connectivity index (χ0v) is 12.0. The van der Waals surface area contributed by atoms with Crippen LogP contribution in [-0.4, -0.2) is 29.6 Å². The summed E-state index contributed by atoms with van der Waals surface area (Å²) in [5.74, 6) is -0.527. The maximum atomic E-state index is 11.7. The topological polar surface area (TPSA) is 75.6 Å². The summed E-state index contributed by atoms with van der Waals surface area (Å²) in [5, 5.41) is 11.7. The summed E-state index contributed by atoms with van der Waals surface area (Å²) in [6.07, 6.45) is 0.652. The number of hydrogen-bond acceptors (Lipinski definition) is 3. The molecule has 0 bridgehead atoms. The van der Waals surface area contributed by atoms with E-state index in [-0.39, 0.29) is 12.3 Å². The highest BCUT2D eigenvalue weighted by atomic mass is 35.5. The number of carboxylic acids is 1. The van der Waals surface area contributed by atoms with Crippen LogP contribution in [0.1, 0.15) is 26.2 Å². The molecule has 0 aliphatic heterocycles. The Balaban J connectivity index is 2.27. The van der Waals surface area contributed by atoms with Crippen LogP contribution in [0.2, 0.25) is 5.02 Å². The Kier molecular flexibility index (Phi) is 6.87. The minimum atomic E-state index is -0.825. The predicted molar refractivity (Wildman–Crippen MR) is 76.0 cm³/mol. The molecule has 0 radical (unpaired) electrons. The summed E-state index contributed by atoms with van der Waals surface area (Å²) in [6, 6.07) is 6.83. The Labute approximate surface area is 122 Å². The van der Waals surface area contributed by atoms with Gasteiger partial charge in [0.05, 0.1) is 0 Å². The zero-order chi connectivity index (χ0) is 15.0. The van der Waals surface area contributed by atoms with Crippen molar-refractivity contribution in [1.29, 1.82) is 0 Å². The summed E-state index contributed by atoms with van der Waals surface area (Å²) < 4.78 is 5.46. The second kappa shape index (κ2) is 8.43. The van der Waals surface area contributed by atoms with Crippen molar-refractivity contribution in [2.75, 3.05) is 6.54 Å². The van der Waals surface area contributed by atoms with Gasteiger partial charge in [-0.2, -0.15) is 0 Å². The van der Waals surface area contributed by atoms with E-state index in [9.17, 15) is 9.59 Å². The molecule has 2 N–H and O–H groups in total. The standard InChI is InChI=1S/C14H18ClNO4/c1-10(20-12-6-4-5-11(15)9-12)14(19)16-8-3-2-7-13(17)18/h4-6,9-10H,2-3,7-8H2,1H3,(H,16,19)(H,17,18). The first-order valence-electron chi connectivity index (χ1n) is 6.41. The summed E-state index contributed by atoms with van der Waals surface area (Å²) in [6.45, 7) is 2.09. The zero-order valence-electron chi connectivity index (χ0n) is 11.3. The number of hydrogen-bond donors (Lipinski definition) is 2. The number of nitrogens with one attached hydrogen (secondary N) is 1. The number of rotatable bonds is 8. The van der Waals surface area contributed by atoms with Crippen LogP contribution in [-0.2, 0) is 9.59 Å². The molecule has 0 heterocycles. The monoisotopic (exact) mass is 299 g/mol. The van der Waals surface area contributed by atoms with Crippen LogP contribution >= 0.6 is 11.6 Å². The van der Waals surface area contributed by atoms with Gasteiger partial charge < -0.3 is 15.2 Å². The van der Waals surface area contributed by atoms with E-state index in [1.165, 1.54) is 0 Å². The molecule has 1 atom stereocenters. The second-order valence-corrected chi connectivity index (χ2v) is 4.80. The molecule has 0 spiro atoms. The van der Waals surface area contributed by atoms with Gasteiger partial charge in [-0.05, 0) is 38.0 Å². The highest BCUT2D eigenvalue weighted by Gasteiger charge is 2.14. The molecule has 20 heavy (non-hydrogen) atoms. The van der Waals surface area contributed by atoms with Gasteiger partial charge in [0.2, 0.25) is 0 Å². The molecule has 1 rings (SSSR count). The fourth-order valence-electron chi connectivity index (χ4n) is 1.55. The average molecular weight is 300 g/mol. The molecule has 1 amide bonds. The van der Waals surface area contributed by atoms with Crippen LogP contribution in [0.4, 0.5) is 0 Å². The predicted octanol–water partition coefficient (Wildman–Crippen LogP) is 2.48. The first-order chi connectivity index (χ1) is 9.49. The number of halogens is 1. The van der Waals surface area contributed by atoms with E-state index in [0.29, 0.717) is 30.2 Å². The third-order valence-electron chi connectivity index (χ3n) is 2.59. The van der Waals surface area contributed by atoms with E-state index in [1.807, 2.05) is 0 Å². The highest BCUT2D eigenvalue weighted by molar-refractivity contribution is 6.30. The van der Waals surface area contributed by atoms with Crippen molar-refractivity contribution in [1.82, 2.24) is 5.32 Å². The fourth-order valence-corrected chi connectivity index (χ4v) is 1.73. The summed E-state index contributed by atoms with van der Waals surface area (Å²) in [4.78, 5) is 22.1. The number of ether oxygens (including phenoxy) is 1. The summed E-state index contributed by atoms with van der Waals surface area (Å²) >= 11 is 5.82. The van der Waals surface area contributed by atoms with Crippen molar-refractivity contribution in [2.24, 2.45) is 0 Å². The Morgan fingerprint density at radius 1 is 1.40 bits per heavy atom. The number of carboxylic acid groups (broad SMARTS) is 1. The molecule has 1 unspecified atom stereocenters. The van der Waals surface area contributed by atoms with Gasteiger partial charge >= 0.3 is 5.97 Å². The Morgan fingerprint density at radius 3 is 2.80 bits per heavy atom. The van der Waals surface area contributed by atoms with Gasteiger partial charge in [0.25, 0.3) is 5.91 Å². The molecule has 0 saturated carbocycles. The van der Waals surface area contributed by atoms with Crippen LogP contribution < -0.4 is 10.1 Å². The molecule has 0 aliphatic rings. The van der Waals surface area contributed by atoms with Crippen molar-refractivity contribution < 1.29 is 19.4 Å². The summed E-state index contributed by atoms with van der Waals surface area (Å²) in [5.41, 5.74) is 0. The van der Waals surface area contributed by atoms with Gasteiger partial charge in [0, 0.05) is 18.0 Å². The van der Waals surface area contributed by atoms with E-state index in [4.69, 9.17) is 21.4 Å². The van der Waals surface area contributed by atoms with Crippen LogP contribution in [0.5, 0.6) is 5.75 Å². The van der Waals surface area contributed by atoms with E-state index < -0.39 is 12.1 Å². The number of carbonyl (C=O) groups excluding carboxylic acids is 1. The molecule has 1 aromatic carbocycles. The smallest absolute Gasteiger partial charge is 0.303 e. The quantitative estimate of drug-likeness (QED) is 0.723. The summed E-state index contributed by atoms with van der Waals surface area (Å²) in [7, 11) is 0. The second-order valence-electron chi connectivity index (χ2n) is 4.36. The molecule has 0 fully saturated rings. The minimum Gasteiger partial charge on any atom is -0.481 e. The van der Waals surface area contributed by atoms with Crippen LogP contribution in [0.25, 0.3) is 0 Å². The van der Waals surface area contributed by atoms with Crippen LogP contribution in [0, 0.1) is 0 Å². The number of unbranched alkanes of at least 4 members (excludes halogenated alkanes) is 1. The van der Waals surface area contributed by atoms with E-state index >= 15 is 0 Å². The third-order valence-corrected chi connectivity index (χ3v) is 2.83. The normalized spacial score (nSPS) is 11.7. The Hall–Kier alpha value is -1.75. The average Bonchev–Trinajstić information content (AvgIpc) is 2.37. The lowest BCUT2D eigenvalue weighted by molar-refractivity contribution is -0.137. The van der Waals surface area contributed by atoms with Crippen molar-refractivity contribution in [3.05, 3.63) is 29.3 Å². The van der Waals surface area contributed by atoms with E-state index in [2.05, 4.69) is 5.32 Å². The van der Waals surface area contributed by atoms with E-state index in [0.717, 1.165) is 0 Å². The van der Waals surface area contributed by atoms with Gasteiger partial charge in [0.1, 0.15) is 5.75 Å². The molecule has 6 heteroatoms. The Morgan fingerprint density at radius 2 is 2.15 bits per heavy atom. The van der Waals surface area contributed by atoms with Gasteiger partial charge in [-0.1, -0.05) is 17.7 Å². The first-order valence-corrected chi connectivity index (χ1v) is 6.78. The van der Waals surface area contributed by atoms with E-state index in [1.54, 1.807) is 31.2 Å².